The third-order valence-corrected chi connectivity index (χ3v) is 3.22. The zero-order valence-electron chi connectivity index (χ0n) is 12.6. The van der Waals surface area contributed by atoms with E-state index in [-0.39, 0.29) is 23.6 Å². The number of halogens is 1. The van der Waals surface area contributed by atoms with Gasteiger partial charge in [0.25, 0.3) is 5.91 Å². The molecule has 0 fully saturated rings. The van der Waals surface area contributed by atoms with E-state index in [1.165, 1.54) is 17.8 Å². The van der Waals surface area contributed by atoms with Crippen molar-refractivity contribution in [3.63, 3.8) is 0 Å². The van der Waals surface area contributed by atoms with Crippen molar-refractivity contribution in [3.05, 3.63) is 29.8 Å². The Balaban J connectivity index is 2.23. The maximum absolute atomic E-state index is 14.2. The number of aliphatic carboxylic acids is 1. The molecule has 9 heteroatoms. The number of carbonyl (C=O) groups excluding carboxylic acids is 1. The number of nitrogens with zero attached hydrogens (tertiary/aromatic N) is 3. The summed E-state index contributed by atoms with van der Waals surface area (Å²) in [5, 5.41) is 15.1. The van der Waals surface area contributed by atoms with Crippen molar-refractivity contribution in [2.75, 3.05) is 12.3 Å². The molecule has 2 rings (SSSR count). The minimum Gasteiger partial charge on any atom is -0.481 e. The Morgan fingerprint density at radius 1 is 1.52 bits per heavy atom. The predicted molar refractivity (Wildman–Crippen MR) is 79.9 cm³/mol. The van der Waals surface area contributed by atoms with Gasteiger partial charge in [0, 0.05) is 25.4 Å². The minimum atomic E-state index is -1.05. The molecule has 2 aromatic rings. The molecule has 4 N–H and O–H groups in total. The Morgan fingerprint density at radius 2 is 2.22 bits per heavy atom. The highest BCUT2D eigenvalue weighted by atomic mass is 19.1. The van der Waals surface area contributed by atoms with Gasteiger partial charge in [-0.2, -0.15) is 5.10 Å². The van der Waals surface area contributed by atoms with Crippen molar-refractivity contribution in [1.82, 2.24) is 20.1 Å². The Hall–Kier alpha value is -2.97. The first-order valence-electron chi connectivity index (χ1n) is 6.75. The molecule has 8 nitrogen and oxygen atoms in total. The van der Waals surface area contributed by atoms with Crippen LogP contribution in [0.5, 0.6) is 0 Å². The molecule has 23 heavy (non-hydrogen) atoms. The summed E-state index contributed by atoms with van der Waals surface area (Å²) in [5.74, 6) is -3.36. The molecule has 1 amide bonds. The van der Waals surface area contributed by atoms with Crippen molar-refractivity contribution in [2.45, 2.75) is 6.92 Å². The molecule has 2 aromatic heterocycles. The van der Waals surface area contributed by atoms with Crippen LogP contribution in [0.4, 0.5) is 10.2 Å². The van der Waals surface area contributed by atoms with Crippen LogP contribution in [0.25, 0.3) is 11.3 Å². The number of amides is 1. The molecule has 0 aromatic carbocycles. The lowest BCUT2D eigenvalue weighted by Gasteiger charge is -2.11. The molecule has 0 unspecified atom stereocenters. The number of carboxylic acids is 1. The zero-order valence-corrected chi connectivity index (χ0v) is 12.6. The van der Waals surface area contributed by atoms with Gasteiger partial charge in [-0.3, -0.25) is 14.3 Å². The molecule has 0 aliphatic carbocycles. The molecule has 0 aliphatic heterocycles. The van der Waals surface area contributed by atoms with E-state index in [1.54, 1.807) is 13.2 Å². The number of carbonyl (C=O) groups is 2. The molecule has 0 aliphatic rings. The number of hydrogen-bond acceptors (Lipinski definition) is 5. The molecule has 0 saturated heterocycles. The van der Waals surface area contributed by atoms with E-state index < -0.39 is 23.6 Å². The van der Waals surface area contributed by atoms with Crippen molar-refractivity contribution < 1.29 is 19.1 Å². The van der Waals surface area contributed by atoms with E-state index in [4.69, 9.17) is 10.8 Å². The van der Waals surface area contributed by atoms with Gasteiger partial charge in [-0.25, -0.2) is 9.37 Å². The van der Waals surface area contributed by atoms with Gasteiger partial charge in [-0.1, -0.05) is 6.92 Å². The monoisotopic (exact) mass is 321 g/mol. The van der Waals surface area contributed by atoms with Crippen molar-refractivity contribution in [2.24, 2.45) is 13.0 Å². The molecule has 0 saturated carbocycles. The van der Waals surface area contributed by atoms with E-state index in [0.717, 1.165) is 6.07 Å². The topological polar surface area (TPSA) is 123 Å². The summed E-state index contributed by atoms with van der Waals surface area (Å²) in [6, 6.07) is 0.978. The van der Waals surface area contributed by atoms with Gasteiger partial charge < -0.3 is 16.2 Å². The van der Waals surface area contributed by atoms with Gasteiger partial charge in [0.05, 0.1) is 17.7 Å². The van der Waals surface area contributed by atoms with Gasteiger partial charge in [0.15, 0.2) is 5.82 Å². The van der Waals surface area contributed by atoms with Crippen LogP contribution < -0.4 is 11.1 Å². The van der Waals surface area contributed by atoms with E-state index >= 15 is 0 Å². The van der Waals surface area contributed by atoms with Gasteiger partial charge in [-0.05, 0) is 6.07 Å². The quantitative estimate of drug-likeness (QED) is 0.743. The van der Waals surface area contributed by atoms with Gasteiger partial charge in [-0.15, -0.1) is 0 Å². The second-order valence-electron chi connectivity index (χ2n) is 5.10. The summed E-state index contributed by atoms with van der Waals surface area (Å²) in [5.41, 5.74) is 6.00. The van der Waals surface area contributed by atoms with Gasteiger partial charge in [0.1, 0.15) is 11.5 Å². The maximum atomic E-state index is 14.2. The predicted octanol–water partition coefficient (Wildman–Crippen LogP) is 0.654. The summed E-state index contributed by atoms with van der Waals surface area (Å²) in [6.07, 6.45) is 3.00. The third kappa shape index (κ3) is 3.62. The Morgan fingerprint density at radius 3 is 2.78 bits per heavy atom. The first-order chi connectivity index (χ1) is 10.8. The zero-order chi connectivity index (χ0) is 17.1. The summed E-state index contributed by atoms with van der Waals surface area (Å²) in [4.78, 5) is 26.6. The number of carboxylic acid groups (broad SMARTS) is 1. The molecule has 122 valence electrons. The Bertz CT molecular complexity index is 759. The average molecular weight is 321 g/mol. The van der Waals surface area contributed by atoms with Crippen molar-refractivity contribution in [3.8, 4) is 11.3 Å². The number of pyridine rings is 1. The van der Waals surface area contributed by atoms with Crippen LogP contribution in [0.1, 0.15) is 17.3 Å². The number of rotatable bonds is 5. The second-order valence-corrected chi connectivity index (χ2v) is 5.10. The highest BCUT2D eigenvalue weighted by Gasteiger charge is 2.19. The van der Waals surface area contributed by atoms with E-state index in [9.17, 15) is 14.0 Å². The van der Waals surface area contributed by atoms with Crippen LogP contribution >= 0.6 is 0 Å². The summed E-state index contributed by atoms with van der Waals surface area (Å²) >= 11 is 0. The van der Waals surface area contributed by atoms with E-state index in [2.05, 4.69) is 15.4 Å². The summed E-state index contributed by atoms with van der Waals surface area (Å²) in [6.45, 7) is 1.34. The van der Waals surface area contributed by atoms with E-state index in [1.807, 2.05) is 0 Å². The highest BCUT2D eigenvalue weighted by Crippen LogP contribution is 2.23. The number of anilines is 1. The fraction of sp³-hybridized carbons (Fsp3) is 0.286. The van der Waals surface area contributed by atoms with Crippen LogP contribution in [0.15, 0.2) is 18.5 Å². The average Bonchev–Trinajstić information content (AvgIpc) is 2.92. The molecule has 0 spiro atoms. The van der Waals surface area contributed by atoms with Gasteiger partial charge >= 0.3 is 5.97 Å². The van der Waals surface area contributed by atoms with Crippen LogP contribution in [0, 0.1) is 11.7 Å². The third-order valence-electron chi connectivity index (χ3n) is 3.22. The Kier molecular flexibility index (Phi) is 4.58. The standard InChI is InChI=1S/C14H16FN5O3/c1-7(14(22)23)4-17-13(21)9-3-10(15)11(19-12(9)16)8-5-18-20(2)6-8/h3,5-7H,4H2,1-2H3,(H2,16,19)(H,17,21)(H,22,23)/t7-/m1/s1. The van der Waals surface area contributed by atoms with Crippen molar-refractivity contribution in [1.29, 1.82) is 0 Å². The molecule has 2 heterocycles. The number of nitrogen functional groups attached to an aromatic ring is 1. The lowest BCUT2D eigenvalue weighted by atomic mass is 10.1. The lowest BCUT2D eigenvalue weighted by Crippen LogP contribution is -2.32. The van der Waals surface area contributed by atoms with Crippen LogP contribution in [-0.4, -0.2) is 38.3 Å². The normalized spacial score (nSPS) is 12.0. The second kappa shape index (κ2) is 6.42. The fourth-order valence-corrected chi connectivity index (χ4v) is 1.86. The van der Waals surface area contributed by atoms with Crippen LogP contribution in [-0.2, 0) is 11.8 Å². The maximum Gasteiger partial charge on any atom is 0.308 e. The fourth-order valence-electron chi connectivity index (χ4n) is 1.86. The summed E-state index contributed by atoms with van der Waals surface area (Å²) < 4.78 is 15.7. The lowest BCUT2D eigenvalue weighted by molar-refractivity contribution is -0.140. The minimum absolute atomic E-state index is 0.00828. The number of nitrogens with two attached hydrogens (primary N) is 1. The van der Waals surface area contributed by atoms with Crippen molar-refractivity contribution >= 4 is 17.7 Å². The molecule has 0 bridgehead atoms. The largest absolute Gasteiger partial charge is 0.481 e. The molecule has 0 radical (unpaired) electrons. The van der Waals surface area contributed by atoms with Crippen LogP contribution in [0.2, 0.25) is 0 Å². The number of hydrogen-bond donors (Lipinski definition) is 3. The van der Waals surface area contributed by atoms with Crippen LogP contribution in [0.3, 0.4) is 0 Å². The number of aromatic nitrogens is 3. The SMILES string of the molecule is C[C@H](CNC(=O)c1cc(F)c(-c2cnn(C)c2)nc1N)C(=O)O. The Labute approximate surface area is 131 Å². The highest BCUT2D eigenvalue weighted by molar-refractivity contribution is 5.98. The number of nitrogens with one attached hydrogen (secondary N) is 1. The first-order valence-corrected chi connectivity index (χ1v) is 6.75. The first kappa shape index (κ1) is 16.4. The molecular formula is C14H16FN5O3. The van der Waals surface area contributed by atoms with E-state index in [0.29, 0.717) is 5.56 Å². The number of aryl methyl sites for hydroxylation is 1. The molecule has 1 atom stereocenters. The summed E-state index contributed by atoms with van der Waals surface area (Å²) in [7, 11) is 1.68. The van der Waals surface area contributed by atoms with Gasteiger partial charge in [0.2, 0.25) is 0 Å². The molecular weight excluding hydrogens is 305 g/mol. The smallest absolute Gasteiger partial charge is 0.308 e.